The summed E-state index contributed by atoms with van der Waals surface area (Å²) in [5.74, 6) is -0.141. The maximum atomic E-state index is 12.0. The summed E-state index contributed by atoms with van der Waals surface area (Å²) < 4.78 is 5.14. The highest BCUT2D eigenvalue weighted by Gasteiger charge is 2.44. The van der Waals surface area contributed by atoms with Crippen LogP contribution in [0.4, 0.5) is 0 Å². The lowest BCUT2D eigenvalue weighted by Crippen LogP contribution is -2.29. The van der Waals surface area contributed by atoms with E-state index in [2.05, 4.69) is 40.3 Å². The number of carbonyl (C=O) groups is 1. The van der Waals surface area contributed by atoms with Crippen LogP contribution in [0.25, 0.3) is 11.4 Å². The first-order valence-electron chi connectivity index (χ1n) is 10.1. The molecule has 0 bridgehead atoms. The normalized spacial score (nSPS) is 16.9. The first-order valence-corrected chi connectivity index (χ1v) is 10.1. The molecular weight excluding hydrogens is 362 g/mol. The fourth-order valence-electron chi connectivity index (χ4n) is 4.41. The summed E-state index contributed by atoms with van der Waals surface area (Å²) in [6, 6.07) is 12.5. The van der Waals surface area contributed by atoms with E-state index in [4.69, 9.17) is 9.72 Å². The Labute approximate surface area is 171 Å². The molecule has 4 rings (SSSR count). The Morgan fingerprint density at radius 3 is 2.62 bits per heavy atom. The Balaban J connectivity index is 1.78. The molecule has 5 nitrogen and oxygen atoms in total. The predicted octanol–water partition coefficient (Wildman–Crippen LogP) is 4.42. The predicted molar refractivity (Wildman–Crippen MR) is 111 cm³/mol. The second-order valence-electron chi connectivity index (χ2n) is 7.52. The van der Waals surface area contributed by atoms with Crippen LogP contribution in [0.5, 0.6) is 0 Å². The Kier molecular flexibility index (Phi) is 5.38. The van der Waals surface area contributed by atoms with Crippen molar-refractivity contribution in [3.8, 4) is 11.4 Å². The molecular formula is C24H25N3O2. The van der Waals surface area contributed by atoms with E-state index in [1.165, 1.54) is 16.7 Å². The van der Waals surface area contributed by atoms with Crippen LogP contribution in [-0.4, -0.2) is 27.5 Å². The topological polar surface area (TPSA) is 65.0 Å². The minimum absolute atomic E-state index is 0.141. The molecule has 1 unspecified atom stereocenters. The Hall–Kier alpha value is -3.08. The molecule has 0 N–H and O–H groups in total. The van der Waals surface area contributed by atoms with Crippen molar-refractivity contribution in [1.29, 1.82) is 0 Å². The molecule has 3 aromatic rings. The monoisotopic (exact) mass is 387 g/mol. The van der Waals surface area contributed by atoms with Gasteiger partial charge in [-0.25, -0.2) is 0 Å². The second kappa shape index (κ2) is 8.11. The van der Waals surface area contributed by atoms with Gasteiger partial charge in [-0.2, -0.15) is 0 Å². The number of esters is 1. The van der Waals surface area contributed by atoms with Crippen LogP contribution in [0, 0.1) is 6.92 Å². The van der Waals surface area contributed by atoms with Crippen molar-refractivity contribution in [2.45, 2.75) is 44.9 Å². The van der Waals surface area contributed by atoms with Crippen LogP contribution in [0.1, 0.15) is 48.6 Å². The van der Waals surface area contributed by atoms with E-state index in [9.17, 15) is 4.79 Å². The summed E-state index contributed by atoms with van der Waals surface area (Å²) >= 11 is 0. The van der Waals surface area contributed by atoms with Crippen LogP contribution in [0.3, 0.4) is 0 Å². The molecule has 0 radical (unpaired) electrons. The first-order chi connectivity index (χ1) is 14.1. The lowest BCUT2D eigenvalue weighted by Gasteiger charge is -2.32. The van der Waals surface area contributed by atoms with Gasteiger partial charge in [-0.15, -0.1) is 0 Å². The zero-order chi connectivity index (χ0) is 20.3. The molecule has 148 valence electrons. The van der Waals surface area contributed by atoms with Crippen LogP contribution in [0.2, 0.25) is 0 Å². The van der Waals surface area contributed by atoms with Gasteiger partial charge in [0.2, 0.25) is 0 Å². The van der Waals surface area contributed by atoms with E-state index in [1.54, 1.807) is 0 Å². The van der Waals surface area contributed by atoms with E-state index >= 15 is 0 Å². The SMILES string of the molecule is CCOC(=O)CCCC1(Cc2ccncc2)c2cccnc2-c2nc(C)ccc21. The number of hydrogen-bond acceptors (Lipinski definition) is 5. The minimum Gasteiger partial charge on any atom is -0.466 e. The number of aromatic nitrogens is 3. The van der Waals surface area contributed by atoms with Crippen molar-refractivity contribution in [2.75, 3.05) is 6.61 Å². The smallest absolute Gasteiger partial charge is 0.305 e. The number of carbonyl (C=O) groups excluding carboxylic acids is 1. The molecule has 1 aliphatic carbocycles. The largest absolute Gasteiger partial charge is 0.466 e. The van der Waals surface area contributed by atoms with Gasteiger partial charge in [0.05, 0.1) is 18.0 Å². The van der Waals surface area contributed by atoms with Gasteiger partial charge < -0.3 is 4.74 Å². The van der Waals surface area contributed by atoms with Crippen LogP contribution >= 0.6 is 0 Å². The van der Waals surface area contributed by atoms with Crippen molar-refractivity contribution in [1.82, 2.24) is 15.0 Å². The number of nitrogens with zero attached hydrogens (tertiary/aromatic N) is 3. The number of rotatable bonds is 7. The number of aryl methyl sites for hydroxylation is 1. The molecule has 0 spiro atoms. The van der Waals surface area contributed by atoms with Crippen molar-refractivity contribution < 1.29 is 9.53 Å². The average Bonchev–Trinajstić information content (AvgIpc) is 2.99. The first kappa shape index (κ1) is 19.2. The van der Waals surface area contributed by atoms with Gasteiger partial charge in [0.25, 0.3) is 0 Å². The highest BCUT2D eigenvalue weighted by atomic mass is 16.5. The molecule has 1 aliphatic rings. The highest BCUT2D eigenvalue weighted by Crippen LogP contribution is 2.51. The van der Waals surface area contributed by atoms with Gasteiger partial charge in [-0.1, -0.05) is 12.1 Å². The van der Waals surface area contributed by atoms with Crippen LogP contribution < -0.4 is 0 Å². The molecule has 0 saturated carbocycles. The molecule has 5 heteroatoms. The Morgan fingerprint density at radius 2 is 1.83 bits per heavy atom. The second-order valence-corrected chi connectivity index (χ2v) is 7.52. The number of ether oxygens (including phenoxy) is 1. The molecule has 3 heterocycles. The van der Waals surface area contributed by atoms with Gasteiger partial charge >= 0.3 is 5.97 Å². The maximum Gasteiger partial charge on any atom is 0.305 e. The zero-order valence-electron chi connectivity index (χ0n) is 16.9. The molecule has 3 aromatic heterocycles. The summed E-state index contributed by atoms with van der Waals surface area (Å²) in [7, 11) is 0. The molecule has 0 amide bonds. The minimum atomic E-state index is -0.270. The third kappa shape index (κ3) is 3.65. The van der Waals surface area contributed by atoms with Gasteiger partial charge in [0, 0.05) is 36.1 Å². The fourth-order valence-corrected chi connectivity index (χ4v) is 4.41. The summed E-state index contributed by atoms with van der Waals surface area (Å²) in [6.07, 6.45) is 8.28. The van der Waals surface area contributed by atoms with E-state index in [-0.39, 0.29) is 11.4 Å². The van der Waals surface area contributed by atoms with Crippen molar-refractivity contribution in [3.63, 3.8) is 0 Å². The average molecular weight is 387 g/mol. The van der Waals surface area contributed by atoms with Crippen LogP contribution in [-0.2, 0) is 21.4 Å². The standard InChI is InChI=1S/C24H25N3O2/c1-3-29-21(28)7-4-12-24(16-18-10-14-25-15-11-18)19-6-5-13-26-22(19)23-20(24)9-8-17(2)27-23/h5-6,8-11,13-15H,3-4,7,12,16H2,1-2H3. The van der Waals surface area contributed by atoms with E-state index < -0.39 is 0 Å². The van der Waals surface area contributed by atoms with Gasteiger partial charge in [-0.05, 0) is 74.1 Å². The summed E-state index contributed by atoms with van der Waals surface area (Å²) in [6.45, 7) is 4.26. The molecule has 0 aliphatic heterocycles. The van der Waals surface area contributed by atoms with E-state index in [0.29, 0.717) is 13.0 Å². The van der Waals surface area contributed by atoms with Crippen molar-refractivity contribution >= 4 is 5.97 Å². The maximum absolute atomic E-state index is 12.0. The lowest BCUT2D eigenvalue weighted by molar-refractivity contribution is -0.143. The summed E-state index contributed by atoms with van der Waals surface area (Å²) in [5, 5.41) is 0. The number of hydrogen-bond donors (Lipinski definition) is 0. The van der Waals surface area contributed by atoms with Crippen LogP contribution in [0.15, 0.2) is 55.0 Å². The molecule has 29 heavy (non-hydrogen) atoms. The molecule has 0 fully saturated rings. The number of fused-ring (bicyclic) bond motifs is 3. The van der Waals surface area contributed by atoms with E-state index in [0.717, 1.165) is 36.3 Å². The third-order valence-corrected chi connectivity index (χ3v) is 5.64. The van der Waals surface area contributed by atoms with Gasteiger partial charge in [0.15, 0.2) is 0 Å². The molecule has 0 aromatic carbocycles. The van der Waals surface area contributed by atoms with Gasteiger partial charge in [-0.3, -0.25) is 19.7 Å². The fraction of sp³-hybridized carbons (Fsp3) is 0.333. The lowest BCUT2D eigenvalue weighted by atomic mass is 9.70. The molecule has 0 saturated heterocycles. The summed E-state index contributed by atoms with van der Waals surface area (Å²) in [4.78, 5) is 25.6. The summed E-state index contributed by atoms with van der Waals surface area (Å²) in [5.41, 5.74) is 6.22. The Morgan fingerprint density at radius 1 is 1.03 bits per heavy atom. The zero-order valence-corrected chi connectivity index (χ0v) is 16.9. The van der Waals surface area contributed by atoms with Gasteiger partial charge in [0.1, 0.15) is 0 Å². The molecule has 1 atom stereocenters. The number of pyridine rings is 3. The highest BCUT2D eigenvalue weighted by molar-refractivity contribution is 5.76. The quantitative estimate of drug-likeness (QED) is 0.562. The Bertz CT molecular complexity index is 1020. The van der Waals surface area contributed by atoms with Crippen molar-refractivity contribution in [2.24, 2.45) is 0 Å². The third-order valence-electron chi connectivity index (χ3n) is 5.64. The van der Waals surface area contributed by atoms with Crippen molar-refractivity contribution in [3.05, 3.63) is 77.4 Å². The van der Waals surface area contributed by atoms with E-state index in [1.807, 2.05) is 38.5 Å².